The van der Waals surface area contributed by atoms with Crippen molar-refractivity contribution in [2.24, 2.45) is 0 Å². The number of carbonyl (C=O) groups is 1. The van der Waals surface area contributed by atoms with Gasteiger partial charge in [-0.1, -0.05) is 0 Å². The molecule has 0 bridgehead atoms. The van der Waals surface area contributed by atoms with E-state index >= 15 is 0 Å². The molecule has 1 heterocycles. The minimum atomic E-state index is -0.161. The standard InChI is InChI=1S/C27H33NO6/c1-17(2)33-11-7-10-28-27(29)12-18(3)20-14-22-23(16-34-26(22)15-25(20)32-6)21-13-19(30-4)8-9-24(21)31-5/h8-9,12-17H,7,10-11H2,1-6H3,(H,28,29)/b18-12+. The zero-order valence-electron chi connectivity index (χ0n) is 20.7. The topological polar surface area (TPSA) is 79.2 Å². The molecule has 0 aliphatic carbocycles. The van der Waals surface area contributed by atoms with Crippen molar-refractivity contribution in [3.63, 3.8) is 0 Å². The van der Waals surface area contributed by atoms with Crippen molar-refractivity contribution in [3.05, 3.63) is 48.2 Å². The van der Waals surface area contributed by atoms with Gasteiger partial charge in [-0.3, -0.25) is 4.79 Å². The van der Waals surface area contributed by atoms with E-state index in [1.54, 1.807) is 33.7 Å². The lowest BCUT2D eigenvalue weighted by Gasteiger charge is -2.12. The number of furan rings is 1. The number of amides is 1. The summed E-state index contributed by atoms with van der Waals surface area (Å²) in [6, 6.07) is 9.42. The highest BCUT2D eigenvalue weighted by Crippen LogP contribution is 2.41. The SMILES string of the molecule is COc1ccc(OC)c(-c2coc3cc(OC)c(/C(C)=C/C(=O)NCCCOC(C)C)cc23)c1. The van der Waals surface area contributed by atoms with E-state index < -0.39 is 0 Å². The van der Waals surface area contributed by atoms with Crippen molar-refractivity contribution < 1.29 is 28.2 Å². The van der Waals surface area contributed by atoms with Crippen molar-refractivity contribution in [1.29, 1.82) is 0 Å². The third-order valence-corrected chi connectivity index (χ3v) is 5.44. The quantitative estimate of drug-likeness (QED) is 0.298. The summed E-state index contributed by atoms with van der Waals surface area (Å²) < 4.78 is 27.9. The second-order valence-electron chi connectivity index (χ2n) is 8.16. The summed E-state index contributed by atoms with van der Waals surface area (Å²) >= 11 is 0. The third-order valence-electron chi connectivity index (χ3n) is 5.44. The minimum absolute atomic E-state index is 0.161. The van der Waals surface area contributed by atoms with Crippen molar-refractivity contribution in [1.82, 2.24) is 5.32 Å². The molecule has 0 atom stereocenters. The molecule has 0 saturated heterocycles. The van der Waals surface area contributed by atoms with Crippen LogP contribution in [-0.4, -0.2) is 46.5 Å². The average Bonchev–Trinajstić information content (AvgIpc) is 3.24. The molecule has 0 radical (unpaired) electrons. The predicted octanol–water partition coefficient (Wildman–Crippen LogP) is 5.46. The van der Waals surface area contributed by atoms with Crippen molar-refractivity contribution in [3.8, 4) is 28.4 Å². The van der Waals surface area contributed by atoms with E-state index in [0.29, 0.717) is 36.0 Å². The Morgan fingerprint density at radius 1 is 1.03 bits per heavy atom. The first kappa shape index (κ1) is 25.2. The fourth-order valence-corrected chi connectivity index (χ4v) is 3.69. The summed E-state index contributed by atoms with van der Waals surface area (Å²) in [5.74, 6) is 1.88. The van der Waals surface area contributed by atoms with E-state index in [4.69, 9.17) is 23.4 Å². The van der Waals surface area contributed by atoms with Gasteiger partial charge in [0, 0.05) is 47.4 Å². The third kappa shape index (κ3) is 5.91. The summed E-state index contributed by atoms with van der Waals surface area (Å²) in [7, 11) is 4.85. The largest absolute Gasteiger partial charge is 0.497 e. The van der Waals surface area contributed by atoms with Crippen LogP contribution in [-0.2, 0) is 9.53 Å². The fraction of sp³-hybridized carbons (Fsp3) is 0.370. The molecule has 0 aliphatic heterocycles. The molecule has 7 heteroatoms. The maximum absolute atomic E-state index is 12.5. The number of hydrogen-bond acceptors (Lipinski definition) is 6. The van der Waals surface area contributed by atoms with Gasteiger partial charge in [0.2, 0.25) is 5.91 Å². The van der Waals surface area contributed by atoms with Gasteiger partial charge < -0.3 is 28.7 Å². The zero-order valence-corrected chi connectivity index (χ0v) is 20.7. The Labute approximate surface area is 200 Å². The lowest BCUT2D eigenvalue weighted by molar-refractivity contribution is -0.116. The van der Waals surface area contributed by atoms with Crippen LogP contribution < -0.4 is 19.5 Å². The molecule has 1 aromatic heterocycles. The van der Waals surface area contributed by atoms with Gasteiger partial charge in [-0.05, 0) is 57.0 Å². The average molecular weight is 468 g/mol. The van der Waals surface area contributed by atoms with E-state index in [1.807, 2.05) is 51.1 Å². The van der Waals surface area contributed by atoms with Crippen LogP contribution >= 0.6 is 0 Å². The second kappa shape index (κ2) is 11.6. The van der Waals surface area contributed by atoms with Crippen molar-refractivity contribution in [2.75, 3.05) is 34.5 Å². The van der Waals surface area contributed by atoms with Gasteiger partial charge in [0.1, 0.15) is 22.8 Å². The smallest absolute Gasteiger partial charge is 0.244 e. The number of ether oxygens (including phenoxy) is 4. The number of allylic oxidation sites excluding steroid dienone is 1. The molecular formula is C27H33NO6. The lowest BCUT2D eigenvalue weighted by Crippen LogP contribution is -2.23. The van der Waals surface area contributed by atoms with Crippen LogP contribution in [0.5, 0.6) is 17.2 Å². The van der Waals surface area contributed by atoms with Gasteiger partial charge in [0.25, 0.3) is 0 Å². The number of benzene rings is 2. The maximum Gasteiger partial charge on any atom is 0.244 e. The first-order valence-corrected chi connectivity index (χ1v) is 11.3. The molecule has 34 heavy (non-hydrogen) atoms. The van der Waals surface area contributed by atoms with Crippen LogP contribution in [0.25, 0.3) is 27.7 Å². The summed E-state index contributed by atoms with van der Waals surface area (Å²) in [5.41, 5.74) is 3.96. The van der Waals surface area contributed by atoms with E-state index in [1.165, 1.54) is 0 Å². The summed E-state index contributed by atoms with van der Waals surface area (Å²) in [6.45, 7) is 7.03. The van der Waals surface area contributed by atoms with E-state index in [2.05, 4.69) is 5.32 Å². The Morgan fingerprint density at radius 2 is 1.79 bits per heavy atom. The van der Waals surface area contributed by atoms with Crippen molar-refractivity contribution in [2.45, 2.75) is 33.3 Å². The Balaban J connectivity index is 1.91. The summed E-state index contributed by atoms with van der Waals surface area (Å²) in [4.78, 5) is 12.5. The molecule has 0 saturated carbocycles. The Hall–Kier alpha value is -3.45. The molecule has 182 valence electrons. The fourth-order valence-electron chi connectivity index (χ4n) is 3.69. The molecule has 0 unspecified atom stereocenters. The number of methoxy groups -OCH3 is 3. The van der Waals surface area contributed by atoms with Gasteiger partial charge in [0.05, 0.1) is 33.7 Å². The van der Waals surface area contributed by atoms with E-state index in [0.717, 1.165) is 34.1 Å². The molecule has 1 N–H and O–H groups in total. The first-order valence-electron chi connectivity index (χ1n) is 11.3. The highest BCUT2D eigenvalue weighted by Gasteiger charge is 2.18. The maximum atomic E-state index is 12.5. The monoisotopic (exact) mass is 467 g/mol. The normalized spacial score (nSPS) is 11.7. The highest BCUT2D eigenvalue weighted by atomic mass is 16.5. The molecule has 0 aliphatic rings. The molecule has 0 spiro atoms. The van der Waals surface area contributed by atoms with Crippen LogP contribution in [0.3, 0.4) is 0 Å². The molecule has 7 nitrogen and oxygen atoms in total. The van der Waals surface area contributed by atoms with Crippen LogP contribution in [0.4, 0.5) is 0 Å². The minimum Gasteiger partial charge on any atom is -0.497 e. The van der Waals surface area contributed by atoms with Crippen LogP contribution in [0.15, 0.2) is 47.1 Å². The number of fused-ring (bicyclic) bond motifs is 1. The summed E-state index contributed by atoms with van der Waals surface area (Å²) in [5, 5.41) is 3.78. The lowest BCUT2D eigenvalue weighted by atomic mass is 9.98. The number of nitrogens with one attached hydrogen (secondary N) is 1. The molecular weight excluding hydrogens is 434 g/mol. The molecule has 1 amide bonds. The molecule has 2 aromatic carbocycles. The Morgan fingerprint density at radius 3 is 2.47 bits per heavy atom. The molecule has 0 fully saturated rings. The van der Waals surface area contributed by atoms with Crippen LogP contribution in [0.1, 0.15) is 32.8 Å². The number of carbonyl (C=O) groups excluding carboxylic acids is 1. The zero-order chi connectivity index (χ0) is 24.7. The van der Waals surface area contributed by atoms with Crippen LogP contribution in [0, 0.1) is 0 Å². The van der Waals surface area contributed by atoms with E-state index in [-0.39, 0.29) is 12.0 Å². The second-order valence-corrected chi connectivity index (χ2v) is 8.16. The number of hydrogen-bond donors (Lipinski definition) is 1. The first-order chi connectivity index (χ1) is 16.4. The van der Waals surface area contributed by atoms with Crippen LogP contribution in [0.2, 0.25) is 0 Å². The number of rotatable bonds is 11. The highest BCUT2D eigenvalue weighted by molar-refractivity contribution is 6.01. The van der Waals surface area contributed by atoms with Crippen molar-refractivity contribution >= 4 is 22.4 Å². The molecule has 3 rings (SSSR count). The van der Waals surface area contributed by atoms with Gasteiger partial charge in [-0.25, -0.2) is 0 Å². The van der Waals surface area contributed by atoms with Gasteiger partial charge in [0.15, 0.2) is 0 Å². The Bertz CT molecular complexity index is 1160. The van der Waals surface area contributed by atoms with Gasteiger partial charge >= 0.3 is 0 Å². The van der Waals surface area contributed by atoms with Gasteiger partial charge in [-0.2, -0.15) is 0 Å². The molecule has 3 aromatic rings. The Kier molecular flexibility index (Phi) is 8.60. The predicted molar refractivity (Wildman–Crippen MR) is 134 cm³/mol. The van der Waals surface area contributed by atoms with E-state index in [9.17, 15) is 4.79 Å². The summed E-state index contributed by atoms with van der Waals surface area (Å²) in [6.07, 6.45) is 4.21. The van der Waals surface area contributed by atoms with Gasteiger partial charge in [-0.15, -0.1) is 0 Å².